The number of unbranched alkanes of at least 4 members (excludes halogenated alkanes) is 2. The second-order valence-corrected chi connectivity index (χ2v) is 8.87. The van der Waals surface area contributed by atoms with Crippen LogP contribution in [0.3, 0.4) is 0 Å². The summed E-state index contributed by atoms with van der Waals surface area (Å²) in [7, 11) is 0. The van der Waals surface area contributed by atoms with Gasteiger partial charge in [-0.2, -0.15) is 0 Å². The van der Waals surface area contributed by atoms with E-state index in [1.807, 2.05) is 18.2 Å². The zero-order valence-corrected chi connectivity index (χ0v) is 19.5. The summed E-state index contributed by atoms with van der Waals surface area (Å²) in [6, 6.07) is 13.9. The minimum Gasteiger partial charge on any atom is -0.373 e. The molecule has 0 amide bonds. The second-order valence-electron chi connectivity index (χ2n) is 8.47. The molecule has 3 aromatic rings. The standard InChI is InChI=1S/C27H29ClF2O3/c1-2-3-4-13-31-22-16-32-27(33-17-22)21-10-11-23-20(15-21)9-8-19(26(23)30)7-5-18-6-12-24(28)25(29)14-18/h6,8-12,14-15,22,27H,2-5,7,13,16-17H2,1H3. The van der Waals surface area contributed by atoms with Gasteiger partial charge in [0.25, 0.3) is 0 Å². The van der Waals surface area contributed by atoms with Crippen molar-refractivity contribution in [2.24, 2.45) is 0 Å². The van der Waals surface area contributed by atoms with Crippen LogP contribution in [0.15, 0.2) is 48.5 Å². The summed E-state index contributed by atoms with van der Waals surface area (Å²) in [5.41, 5.74) is 2.24. The van der Waals surface area contributed by atoms with Crippen molar-refractivity contribution < 1.29 is 23.0 Å². The lowest BCUT2D eigenvalue weighted by atomic mass is 9.99. The predicted octanol–water partition coefficient (Wildman–Crippen LogP) is 7.18. The van der Waals surface area contributed by atoms with Crippen molar-refractivity contribution in [3.05, 3.63) is 81.9 Å². The first-order valence-electron chi connectivity index (χ1n) is 11.5. The molecule has 4 rings (SSSR count). The maximum atomic E-state index is 15.1. The number of hydrogen-bond acceptors (Lipinski definition) is 3. The Balaban J connectivity index is 1.38. The lowest BCUT2D eigenvalue weighted by Gasteiger charge is -2.29. The summed E-state index contributed by atoms with van der Waals surface area (Å²) in [5.74, 6) is -0.707. The molecule has 0 unspecified atom stereocenters. The molecule has 1 fully saturated rings. The van der Waals surface area contributed by atoms with Crippen molar-refractivity contribution in [1.82, 2.24) is 0 Å². The molecule has 0 radical (unpaired) electrons. The molecule has 176 valence electrons. The molecule has 33 heavy (non-hydrogen) atoms. The van der Waals surface area contributed by atoms with Gasteiger partial charge in [0.15, 0.2) is 6.29 Å². The van der Waals surface area contributed by atoms with Crippen molar-refractivity contribution in [3.8, 4) is 0 Å². The molecule has 0 saturated carbocycles. The molecule has 0 N–H and O–H groups in total. The Kier molecular flexibility index (Phi) is 8.31. The van der Waals surface area contributed by atoms with Gasteiger partial charge in [-0.15, -0.1) is 0 Å². The van der Waals surface area contributed by atoms with Crippen LogP contribution in [0.4, 0.5) is 8.78 Å². The maximum Gasteiger partial charge on any atom is 0.184 e. The molecule has 0 atom stereocenters. The van der Waals surface area contributed by atoms with E-state index in [2.05, 4.69) is 6.92 Å². The van der Waals surface area contributed by atoms with E-state index in [0.29, 0.717) is 37.0 Å². The monoisotopic (exact) mass is 474 g/mol. The SMILES string of the molecule is CCCCCOC1COC(c2ccc3c(F)c(CCc4ccc(Cl)c(F)c4)ccc3c2)OC1. The van der Waals surface area contributed by atoms with E-state index in [-0.39, 0.29) is 16.9 Å². The van der Waals surface area contributed by atoms with Crippen LogP contribution in [0, 0.1) is 11.6 Å². The van der Waals surface area contributed by atoms with E-state index in [9.17, 15) is 4.39 Å². The quantitative estimate of drug-likeness (QED) is 0.307. The van der Waals surface area contributed by atoms with E-state index in [1.54, 1.807) is 18.2 Å². The highest BCUT2D eigenvalue weighted by molar-refractivity contribution is 6.30. The first-order valence-corrected chi connectivity index (χ1v) is 11.9. The molecular formula is C27H29ClF2O3. The van der Waals surface area contributed by atoms with E-state index in [0.717, 1.165) is 42.4 Å². The summed E-state index contributed by atoms with van der Waals surface area (Å²) >= 11 is 5.74. The largest absolute Gasteiger partial charge is 0.373 e. The third kappa shape index (κ3) is 6.10. The Bertz CT molecular complexity index is 1080. The minimum atomic E-state index is -0.479. The van der Waals surface area contributed by atoms with Crippen molar-refractivity contribution in [2.75, 3.05) is 19.8 Å². The van der Waals surface area contributed by atoms with Gasteiger partial charge in [0.2, 0.25) is 0 Å². The highest BCUT2D eigenvalue weighted by Crippen LogP contribution is 2.29. The van der Waals surface area contributed by atoms with Crippen LogP contribution in [0.5, 0.6) is 0 Å². The summed E-state index contributed by atoms with van der Waals surface area (Å²) in [6.45, 7) is 3.85. The van der Waals surface area contributed by atoms with Crippen LogP contribution in [0.2, 0.25) is 5.02 Å². The number of halogens is 3. The van der Waals surface area contributed by atoms with Gasteiger partial charge < -0.3 is 14.2 Å². The lowest BCUT2D eigenvalue weighted by Crippen LogP contribution is -2.33. The van der Waals surface area contributed by atoms with Gasteiger partial charge in [-0.1, -0.05) is 61.7 Å². The van der Waals surface area contributed by atoms with Crippen LogP contribution in [-0.4, -0.2) is 25.9 Å². The highest BCUT2D eigenvalue weighted by atomic mass is 35.5. The third-order valence-electron chi connectivity index (χ3n) is 5.97. The third-order valence-corrected chi connectivity index (χ3v) is 6.27. The number of ether oxygens (including phenoxy) is 3. The second kappa shape index (κ2) is 11.4. The molecule has 0 spiro atoms. The summed E-state index contributed by atoms with van der Waals surface area (Å²) < 4.78 is 46.3. The van der Waals surface area contributed by atoms with Crippen LogP contribution < -0.4 is 0 Å². The van der Waals surface area contributed by atoms with Crippen LogP contribution in [0.25, 0.3) is 10.8 Å². The Morgan fingerprint density at radius 1 is 0.970 bits per heavy atom. The lowest BCUT2D eigenvalue weighted by molar-refractivity contribution is -0.230. The Morgan fingerprint density at radius 3 is 2.55 bits per heavy atom. The predicted molar refractivity (Wildman–Crippen MR) is 127 cm³/mol. The fourth-order valence-corrected chi connectivity index (χ4v) is 4.16. The molecule has 6 heteroatoms. The van der Waals surface area contributed by atoms with Gasteiger partial charge in [-0.3, -0.25) is 0 Å². The summed E-state index contributed by atoms with van der Waals surface area (Å²) in [6.07, 6.45) is 3.84. The van der Waals surface area contributed by atoms with Gasteiger partial charge in [-0.05, 0) is 54.0 Å². The maximum absolute atomic E-state index is 15.1. The summed E-state index contributed by atoms with van der Waals surface area (Å²) in [4.78, 5) is 0. The molecule has 1 saturated heterocycles. The topological polar surface area (TPSA) is 27.7 Å². The molecule has 0 aliphatic carbocycles. The number of benzene rings is 3. The zero-order valence-electron chi connectivity index (χ0n) is 18.8. The zero-order chi connectivity index (χ0) is 23.2. The van der Waals surface area contributed by atoms with Crippen molar-refractivity contribution >= 4 is 22.4 Å². The van der Waals surface area contributed by atoms with Crippen LogP contribution in [0.1, 0.15) is 49.2 Å². The van der Waals surface area contributed by atoms with Crippen LogP contribution >= 0.6 is 11.6 Å². The van der Waals surface area contributed by atoms with Crippen molar-refractivity contribution in [2.45, 2.75) is 51.4 Å². The van der Waals surface area contributed by atoms with E-state index >= 15 is 4.39 Å². The average molecular weight is 475 g/mol. The molecule has 0 bridgehead atoms. The van der Waals surface area contributed by atoms with Crippen molar-refractivity contribution in [1.29, 1.82) is 0 Å². The summed E-state index contributed by atoms with van der Waals surface area (Å²) in [5, 5.41) is 1.43. The molecule has 0 aromatic heterocycles. The number of aryl methyl sites for hydroxylation is 2. The normalized spacial score (nSPS) is 18.7. The fourth-order valence-electron chi connectivity index (χ4n) is 4.05. The van der Waals surface area contributed by atoms with Gasteiger partial charge in [-0.25, -0.2) is 8.78 Å². The molecule has 1 aliphatic heterocycles. The number of hydrogen-bond donors (Lipinski definition) is 0. The fraction of sp³-hybridized carbons (Fsp3) is 0.407. The molecule has 3 aromatic carbocycles. The van der Waals surface area contributed by atoms with Gasteiger partial charge in [0.05, 0.1) is 18.2 Å². The smallest absolute Gasteiger partial charge is 0.184 e. The van der Waals surface area contributed by atoms with Crippen molar-refractivity contribution in [3.63, 3.8) is 0 Å². The van der Waals surface area contributed by atoms with Gasteiger partial charge in [0, 0.05) is 17.6 Å². The van der Waals surface area contributed by atoms with Crippen LogP contribution in [-0.2, 0) is 27.1 Å². The van der Waals surface area contributed by atoms with E-state index in [4.69, 9.17) is 25.8 Å². The number of rotatable bonds is 9. The Morgan fingerprint density at radius 2 is 1.79 bits per heavy atom. The molecule has 1 aliphatic rings. The van der Waals surface area contributed by atoms with Gasteiger partial charge in [0.1, 0.15) is 17.7 Å². The average Bonchev–Trinajstić information content (AvgIpc) is 2.84. The Labute approximate surface area is 198 Å². The first-order chi connectivity index (χ1) is 16.0. The number of fused-ring (bicyclic) bond motifs is 1. The minimum absolute atomic E-state index is 0.0484. The van der Waals surface area contributed by atoms with Gasteiger partial charge >= 0.3 is 0 Å². The first kappa shape index (κ1) is 24.1. The van der Waals surface area contributed by atoms with E-state index < -0.39 is 12.1 Å². The molecule has 1 heterocycles. The van der Waals surface area contributed by atoms with E-state index in [1.165, 1.54) is 12.1 Å². The molecule has 3 nitrogen and oxygen atoms in total. The molecular weight excluding hydrogens is 446 g/mol. The highest BCUT2D eigenvalue weighted by Gasteiger charge is 2.24. The Hall–Kier alpha value is -2.05.